The topological polar surface area (TPSA) is 237 Å². The molecule has 3 N–H and O–H groups in total. The molecule has 0 aliphatic heterocycles. The number of aliphatic hydroxyl groups excluding tert-OH is 1. The lowest BCUT2D eigenvalue weighted by molar-refractivity contribution is -0.161. The van der Waals surface area contributed by atoms with Gasteiger partial charge < -0.3 is 33.8 Å². The molecule has 0 spiro atoms. The Labute approximate surface area is 632 Å². The third-order valence-electron chi connectivity index (χ3n) is 19.7. The highest BCUT2D eigenvalue weighted by atomic mass is 31.2. The summed E-state index contributed by atoms with van der Waals surface area (Å²) in [5, 5.41) is 10.7. The van der Waals surface area contributed by atoms with E-state index in [9.17, 15) is 43.2 Å². The highest BCUT2D eigenvalue weighted by molar-refractivity contribution is 7.47. The molecule has 0 aromatic rings. The van der Waals surface area contributed by atoms with E-state index in [-0.39, 0.29) is 25.7 Å². The number of ether oxygens (including phenoxy) is 4. The van der Waals surface area contributed by atoms with E-state index in [4.69, 9.17) is 37.0 Å². The van der Waals surface area contributed by atoms with Crippen LogP contribution >= 0.6 is 15.6 Å². The summed E-state index contributed by atoms with van der Waals surface area (Å²) in [5.74, 6) is -0.548. The van der Waals surface area contributed by atoms with E-state index < -0.39 is 97.5 Å². The van der Waals surface area contributed by atoms with E-state index in [1.807, 2.05) is 0 Å². The van der Waals surface area contributed by atoms with Crippen LogP contribution in [0.3, 0.4) is 0 Å². The average molecular weight is 1510 g/mol. The molecule has 0 aromatic carbocycles. The van der Waals surface area contributed by atoms with Crippen molar-refractivity contribution in [3.63, 3.8) is 0 Å². The van der Waals surface area contributed by atoms with Crippen molar-refractivity contribution in [2.45, 2.75) is 464 Å². The molecule has 0 saturated heterocycles. The van der Waals surface area contributed by atoms with E-state index in [1.54, 1.807) is 0 Å². The Morgan fingerprint density at radius 3 is 0.660 bits per heavy atom. The molecule has 5 atom stereocenters. The molecule has 0 amide bonds. The van der Waals surface area contributed by atoms with E-state index >= 15 is 0 Å². The van der Waals surface area contributed by atoms with E-state index in [2.05, 4.69) is 41.5 Å². The van der Waals surface area contributed by atoms with Gasteiger partial charge in [-0.2, -0.15) is 0 Å². The third kappa shape index (κ3) is 78.0. The maximum absolute atomic E-state index is 13.1. The van der Waals surface area contributed by atoms with Crippen molar-refractivity contribution in [3.05, 3.63) is 0 Å². The predicted octanol–water partition coefficient (Wildman–Crippen LogP) is 25.5. The van der Waals surface area contributed by atoms with Crippen LogP contribution < -0.4 is 0 Å². The highest BCUT2D eigenvalue weighted by Crippen LogP contribution is 2.45. The van der Waals surface area contributed by atoms with Gasteiger partial charge in [0, 0.05) is 25.7 Å². The molecular formula is C84H164O17P2. The number of carbonyl (C=O) groups is 4. The van der Waals surface area contributed by atoms with Crippen LogP contribution in [0.15, 0.2) is 0 Å². The van der Waals surface area contributed by atoms with Crippen molar-refractivity contribution in [2.75, 3.05) is 39.6 Å². The molecule has 0 aliphatic rings. The first-order valence-corrected chi connectivity index (χ1v) is 46.5. The SMILES string of the molecule is CCCCCCCCCCCCCCCCCCCCC(=O)OC[C@H](COP(=O)(O)OC[C@@H](O)COP(=O)(O)OC[C@@H](COC(=O)CCCCCCCCCCCCCC)OC(=O)CCCCCCCCCCCC(C)C)OC(=O)CCCCCCCCCCCCCCCCCCCCC(C)C. The molecule has 103 heavy (non-hydrogen) atoms. The minimum atomic E-state index is -4.96. The standard InChI is InChI=1S/C84H164O17P2/c1-7-9-11-13-15-17-19-21-22-23-27-30-33-37-43-49-55-61-67-82(87)95-72-79(100-83(88)68-62-56-50-44-38-34-31-28-25-24-26-29-32-35-40-46-52-58-64-76(3)4)74-98-102(90,91)96-70-78(85)71-97-103(92,93)99-75-80(101-84(89)69-63-57-51-45-39-41-47-53-59-65-77(5)6)73-94-81(86)66-60-54-48-42-36-20-18-16-14-12-10-8-2/h76-80,85H,7-75H2,1-6H3,(H,90,91)(H,92,93)/t78-,79-,80-/m1/s1. The largest absolute Gasteiger partial charge is 0.472 e. The van der Waals surface area contributed by atoms with Crippen molar-refractivity contribution >= 4 is 39.5 Å². The quantitative estimate of drug-likeness (QED) is 0.0222. The number of hydrogen-bond acceptors (Lipinski definition) is 15. The van der Waals surface area contributed by atoms with Gasteiger partial charge in [0.1, 0.15) is 19.3 Å². The number of phosphoric acid groups is 2. The molecule has 0 heterocycles. The number of rotatable bonds is 83. The van der Waals surface area contributed by atoms with Crippen LogP contribution in [0, 0.1) is 11.8 Å². The van der Waals surface area contributed by atoms with Crippen molar-refractivity contribution in [2.24, 2.45) is 11.8 Å². The molecule has 19 heteroatoms. The van der Waals surface area contributed by atoms with Crippen LogP contribution in [-0.2, 0) is 65.4 Å². The van der Waals surface area contributed by atoms with Crippen LogP contribution in [0.1, 0.15) is 446 Å². The van der Waals surface area contributed by atoms with Crippen LogP contribution in [0.2, 0.25) is 0 Å². The fraction of sp³-hybridized carbons (Fsp3) is 0.952. The van der Waals surface area contributed by atoms with Gasteiger partial charge >= 0.3 is 39.5 Å². The number of hydrogen-bond donors (Lipinski definition) is 3. The first-order valence-electron chi connectivity index (χ1n) is 43.5. The lowest BCUT2D eigenvalue weighted by Gasteiger charge is -2.21. The Balaban J connectivity index is 5.23. The second-order valence-corrected chi connectivity index (χ2v) is 34.1. The van der Waals surface area contributed by atoms with Gasteiger partial charge in [-0.1, -0.05) is 395 Å². The monoisotopic (exact) mass is 1510 g/mol. The van der Waals surface area contributed by atoms with Gasteiger partial charge in [0.15, 0.2) is 12.2 Å². The maximum atomic E-state index is 13.1. The molecule has 612 valence electrons. The van der Waals surface area contributed by atoms with Gasteiger partial charge in [-0.25, -0.2) is 9.13 Å². The number of carbonyl (C=O) groups excluding carboxylic acids is 4. The number of esters is 4. The van der Waals surface area contributed by atoms with Crippen molar-refractivity contribution in [3.8, 4) is 0 Å². The summed E-state index contributed by atoms with van der Waals surface area (Å²) in [7, 11) is -9.92. The third-order valence-corrected chi connectivity index (χ3v) is 21.6. The second-order valence-electron chi connectivity index (χ2n) is 31.2. The summed E-state index contributed by atoms with van der Waals surface area (Å²) >= 11 is 0. The zero-order valence-electron chi connectivity index (χ0n) is 67.6. The minimum Gasteiger partial charge on any atom is -0.462 e. The average Bonchev–Trinajstić information content (AvgIpc) is 0.924. The second kappa shape index (κ2) is 75.5. The molecule has 0 saturated carbocycles. The van der Waals surface area contributed by atoms with Gasteiger partial charge in [0.25, 0.3) is 0 Å². The Kier molecular flexibility index (Phi) is 74.1. The van der Waals surface area contributed by atoms with Gasteiger partial charge in [-0.3, -0.25) is 37.3 Å². The smallest absolute Gasteiger partial charge is 0.462 e. The summed E-state index contributed by atoms with van der Waals surface area (Å²) in [6.45, 7) is 9.67. The first-order chi connectivity index (χ1) is 49.9. The first kappa shape index (κ1) is 101. The lowest BCUT2D eigenvalue weighted by atomic mass is 10.0. The number of aliphatic hydroxyl groups is 1. The zero-order chi connectivity index (χ0) is 75.6. The molecule has 0 bridgehead atoms. The fourth-order valence-electron chi connectivity index (χ4n) is 13.1. The van der Waals surface area contributed by atoms with E-state index in [1.165, 1.54) is 263 Å². The Bertz CT molecular complexity index is 1980. The zero-order valence-corrected chi connectivity index (χ0v) is 69.4. The van der Waals surface area contributed by atoms with E-state index in [0.717, 1.165) is 102 Å². The molecule has 0 fully saturated rings. The summed E-state index contributed by atoms with van der Waals surface area (Å²) in [5.41, 5.74) is 0. The molecule has 2 unspecified atom stereocenters. The molecule has 0 rings (SSSR count). The molecule has 17 nitrogen and oxygen atoms in total. The summed E-state index contributed by atoms with van der Waals surface area (Å²) < 4.78 is 68.8. The van der Waals surface area contributed by atoms with Gasteiger partial charge in [0.2, 0.25) is 0 Å². The van der Waals surface area contributed by atoms with Crippen LogP contribution in [0.5, 0.6) is 0 Å². The molecular weight excluding hydrogens is 1340 g/mol. The Morgan fingerprint density at radius 2 is 0.447 bits per heavy atom. The normalized spacial score (nSPS) is 13.9. The maximum Gasteiger partial charge on any atom is 0.472 e. The van der Waals surface area contributed by atoms with Gasteiger partial charge in [-0.05, 0) is 37.5 Å². The molecule has 0 radical (unpaired) electrons. The minimum absolute atomic E-state index is 0.106. The Hall–Kier alpha value is -1.94. The predicted molar refractivity (Wildman–Crippen MR) is 423 cm³/mol. The van der Waals surface area contributed by atoms with Crippen LogP contribution in [-0.4, -0.2) is 96.7 Å². The lowest BCUT2D eigenvalue weighted by Crippen LogP contribution is -2.30. The number of unbranched alkanes of at least 4 members (excludes halogenated alkanes) is 53. The molecule has 0 aliphatic carbocycles. The van der Waals surface area contributed by atoms with Crippen LogP contribution in [0.25, 0.3) is 0 Å². The highest BCUT2D eigenvalue weighted by Gasteiger charge is 2.30. The van der Waals surface area contributed by atoms with Crippen molar-refractivity contribution < 1.29 is 80.2 Å². The summed E-state index contributed by atoms with van der Waals surface area (Å²) in [6.07, 6.45) is 66.7. The van der Waals surface area contributed by atoms with Gasteiger partial charge in [-0.15, -0.1) is 0 Å². The van der Waals surface area contributed by atoms with Crippen LogP contribution in [0.4, 0.5) is 0 Å². The van der Waals surface area contributed by atoms with E-state index in [0.29, 0.717) is 25.7 Å². The van der Waals surface area contributed by atoms with Crippen molar-refractivity contribution in [1.82, 2.24) is 0 Å². The Morgan fingerprint density at radius 1 is 0.262 bits per heavy atom. The number of phosphoric ester groups is 2. The van der Waals surface area contributed by atoms with Crippen molar-refractivity contribution in [1.29, 1.82) is 0 Å². The molecule has 0 aromatic heterocycles. The summed E-state index contributed by atoms with van der Waals surface area (Å²) in [6, 6.07) is 0. The van der Waals surface area contributed by atoms with Gasteiger partial charge in [0.05, 0.1) is 26.4 Å². The fourth-order valence-corrected chi connectivity index (χ4v) is 14.6. The summed E-state index contributed by atoms with van der Waals surface area (Å²) in [4.78, 5) is 73.1.